The van der Waals surface area contributed by atoms with Crippen LogP contribution in [0.5, 0.6) is 11.6 Å². The van der Waals surface area contributed by atoms with Crippen molar-refractivity contribution in [3.63, 3.8) is 0 Å². The third kappa shape index (κ3) is 4.54. The molecule has 26 heavy (non-hydrogen) atoms. The van der Waals surface area contributed by atoms with E-state index in [2.05, 4.69) is 10.1 Å². The van der Waals surface area contributed by atoms with E-state index in [9.17, 15) is 8.78 Å². The van der Waals surface area contributed by atoms with Crippen LogP contribution in [0.25, 0.3) is 0 Å². The number of benzene rings is 2. The minimum Gasteiger partial charge on any atom is -0.439 e. The molecule has 132 valence electrons. The number of oxime groups is 1. The van der Waals surface area contributed by atoms with E-state index < -0.39 is 0 Å². The molecule has 2 aromatic carbocycles. The molecule has 7 heteroatoms. The Kier molecular flexibility index (Phi) is 5.38. The molecule has 0 aliphatic heterocycles. The molecule has 0 saturated carbocycles. The number of hydrogen-bond acceptors (Lipinski definition) is 4. The van der Waals surface area contributed by atoms with Crippen LogP contribution in [0.15, 0.2) is 72.0 Å². The number of amidine groups is 1. The molecule has 0 aliphatic rings. The summed E-state index contributed by atoms with van der Waals surface area (Å²) in [5.41, 5.74) is 6.72. The lowest BCUT2D eigenvalue weighted by atomic mass is 10.2. The zero-order valence-corrected chi connectivity index (χ0v) is 13.6. The number of pyridine rings is 1. The normalized spacial score (nSPS) is 11.2. The number of hydrogen-bond donors (Lipinski definition) is 1. The highest BCUT2D eigenvalue weighted by molar-refractivity contribution is 5.96. The Morgan fingerprint density at radius 3 is 2.46 bits per heavy atom. The molecule has 0 atom stereocenters. The zero-order valence-electron chi connectivity index (χ0n) is 13.6. The molecule has 0 aliphatic carbocycles. The van der Waals surface area contributed by atoms with Crippen molar-refractivity contribution in [2.45, 2.75) is 6.61 Å². The highest BCUT2D eigenvalue weighted by atomic mass is 19.1. The maximum absolute atomic E-state index is 13.5. The number of ether oxygens (including phenoxy) is 1. The number of rotatable bonds is 6. The van der Waals surface area contributed by atoms with E-state index >= 15 is 0 Å². The maximum atomic E-state index is 13.5. The summed E-state index contributed by atoms with van der Waals surface area (Å²) in [6.45, 7) is -0.0352. The second kappa shape index (κ2) is 8.06. The van der Waals surface area contributed by atoms with E-state index in [0.717, 1.165) is 0 Å². The van der Waals surface area contributed by atoms with Crippen molar-refractivity contribution in [2.75, 3.05) is 0 Å². The van der Waals surface area contributed by atoms with Crippen LogP contribution in [-0.4, -0.2) is 10.8 Å². The average molecular weight is 355 g/mol. The molecule has 0 radical (unpaired) electrons. The fourth-order valence-corrected chi connectivity index (χ4v) is 2.06. The van der Waals surface area contributed by atoms with Crippen LogP contribution in [0.4, 0.5) is 8.78 Å². The molecule has 0 amide bonds. The van der Waals surface area contributed by atoms with Crippen LogP contribution < -0.4 is 10.5 Å². The molecule has 1 heterocycles. The standard InChI is InChI=1S/C19H15F2N3O2/c20-15-6-8-16(9-7-15)26-18-10-5-13(11-23-18)19(22)24-25-12-14-3-1-2-4-17(14)21/h1-11H,12H2,(H2,22,24). The summed E-state index contributed by atoms with van der Waals surface area (Å²) in [6, 6.07) is 15.1. The fraction of sp³-hybridized carbons (Fsp3) is 0.0526. The summed E-state index contributed by atoms with van der Waals surface area (Å²) in [5.74, 6) is 0.161. The molecule has 2 N–H and O–H groups in total. The fourth-order valence-electron chi connectivity index (χ4n) is 2.06. The Bertz CT molecular complexity index is 897. The van der Waals surface area contributed by atoms with Gasteiger partial charge < -0.3 is 15.3 Å². The quantitative estimate of drug-likeness (QED) is 0.412. The minimum atomic E-state index is -0.370. The first-order valence-electron chi connectivity index (χ1n) is 7.70. The van der Waals surface area contributed by atoms with Crippen molar-refractivity contribution in [3.8, 4) is 11.6 Å². The van der Waals surface area contributed by atoms with Crippen molar-refractivity contribution < 1.29 is 18.4 Å². The SMILES string of the molecule is NC(=NOCc1ccccc1F)c1ccc(Oc2ccc(F)cc2)nc1. The van der Waals surface area contributed by atoms with E-state index in [1.165, 1.54) is 36.5 Å². The highest BCUT2D eigenvalue weighted by Gasteiger charge is 2.04. The van der Waals surface area contributed by atoms with E-state index in [0.29, 0.717) is 22.8 Å². The molecule has 0 spiro atoms. The summed E-state index contributed by atoms with van der Waals surface area (Å²) < 4.78 is 31.8. The van der Waals surface area contributed by atoms with Gasteiger partial charge in [0.25, 0.3) is 0 Å². The van der Waals surface area contributed by atoms with Crippen LogP contribution in [0.1, 0.15) is 11.1 Å². The van der Waals surface area contributed by atoms with Gasteiger partial charge in [-0.25, -0.2) is 13.8 Å². The summed E-state index contributed by atoms with van der Waals surface area (Å²) in [6.07, 6.45) is 1.46. The lowest BCUT2D eigenvalue weighted by Crippen LogP contribution is -2.14. The van der Waals surface area contributed by atoms with E-state index in [-0.39, 0.29) is 24.1 Å². The lowest BCUT2D eigenvalue weighted by molar-refractivity contribution is 0.127. The molecule has 0 unspecified atom stereocenters. The van der Waals surface area contributed by atoms with Gasteiger partial charge >= 0.3 is 0 Å². The topological polar surface area (TPSA) is 69.7 Å². The van der Waals surface area contributed by atoms with E-state index in [1.54, 1.807) is 30.3 Å². The lowest BCUT2D eigenvalue weighted by Gasteiger charge is -2.06. The number of nitrogens with two attached hydrogens (primary N) is 1. The Labute approximate surface area is 148 Å². The van der Waals surface area contributed by atoms with Gasteiger partial charge in [0.15, 0.2) is 5.84 Å². The number of halogens is 2. The van der Waals surface area contributed by atoms with Crippen molar-refractivity contribution in [2.24, 2.45) is 10.9 Å². The average Bonchev–Trinajstić information content (AvgIpc) is 2.66. The molecule has 3 aromatic rings. The second-order valence-electron chi connectivity index (χ2n) is 5.28. The molecule has 0 bridgehead atoms. The van der Waals surface area contributed by atoms with Crippen molar-refractivity contribution in [1.82, 2.24) is 4.98 Å². The Balaban J connectivity index is 1.60. The highest BCUT2D eigenvalue weighted by Crippen LogP contribution is 2.19. The first-order chi connectivity index (χ1) is 12.6. The van der Waals surface area contributed by atoms with Crippen molar-refractivity contribution in [3.05, 3.63) is 89.6 Å². The molecule has 0 fully saturated rings. The first-order valence-corrected chi connectivity index (χ1v) is 7.70. The Morgan fingerprint density at radius 2 is 1.77 bits per heavy atom. The Hall–Kier alpha value is -3.48. The van der Waals surface area contributed by atoms with Gasteiger partial charge in [-0.2, -0.15) is 0 Å². The van der Waals surface area contributed by atoms with Gasteiger partial charge in [-0.05, 0) is 36.4 Å². The zero-order chi connectivity index (χ0) is 18.4. The predicted molar refractivity (Wildman–Crippen MR) is 92.6 cm³/mol. The van der Waals surface area contributed by atoms with Crippen molar-refractivity contribution in [1.29, 1.82) is 0 Å². The second-order valence-corrected chi connectivity index (χ2v) is 5.28. The van der Waals surface area contributed by atoms with Gasteiger partial charge in [0.1, 0.15) is 24.0 Å². The number of nitrogens with zero attached hydrogens (tertiary/aromatic N) is 2. The van der Waals surface area contributed by atoms with Crippen LogP contribution in [0, 0.1) is 11.6 Å². The molecule has 1 aromatic heterocycles. The third-order valence-corrected chi connectivity index (χ3v) is 3.41. The van der Waals surface area contributed by atoms with E-state index in [4.69, 9.17) is 15.3 Å². The van der Waals surface area contributed by atoms with Crippen LogP contribution in [0.3, 0.4) is 0 Å². The monoisotopic (exact) mass is 355 g/mol. The molecule has 0 saturated heterocycles. The number of aromatic nitrogens is 1. The summed E-state index contributed by atoms with van der Waals surface area (Å²) >= 11 is 0. The van der Waals surface area contributed by atoms with Crippen molar-refractivity contribution >= 4 is 5.84 Å². The minimum absolute atomic E-state index is 0.0352. The molecular weight excluding hydrogens is 340 g/mol. The molecule has 3 rings (SSSR count). The van der Waals surface area contributed by atoms with E-state index in [1.807, 2.05) is 0 Å². The van der Waals surface area contributed by atoms with Crippen LogP contribution >= 0.6 is 0 Å². The summed E-state index contributed by atoms with van der Waals surface area (Å²) in [5, 5.41) is 3.76. The van der Waals surface area contributed by atoms with Crippen LogP contribution in [-0.2, 0) is 11.4 Å². The Morgan fingerprint density at radius 1 is 1.00 bits per heavy atom. The van der Waals surface area contributed by atoms with Gasteiger partial charge in [-0.1, -0.05) is 23.4 Å². The van der Waals surface area contributed by atoms with Gasteiger partial charge in [0.05, 0.1) is 0 Å². The van der Waals surface area contributed by atoms with Gasteiger partial charge in [0, 0.05) is 23.4 Å². The maximum Gasteiger partial charge on any atom is 0.219 e. The summed E-state index contributed by atoms with van der Waals surface area (Å²) in [7, 11) is 0. The molecule has 5 nitrogen and oxygen atoms in total. The smallest absolute Gasteiger partial charge is 0.219 e. The predicted octanol–water partition coefficient (Wildman–Crippen LogP) is 3.99. The van der Waals surface area contributed by atoms with Crippen LogP contribution in [0.2, 0.25) is 0 Å². The first kappa shape index (κ1) is 17.3. The van der Waals surface area contributed by atoms with Gasteiger partial charge in [0.2, 0.25) is 5.88 Å². The largest absolute Gasteiger partial charge is 0.439 e. The summed E-state index contributed by atoms with van der Waals surface area (Å²) in [4.78, 5) is 9.19. The molecular formula is C19H15F2N3O2. The van der Waals surface area contributed by atoms with Gasteiger partial charge in [-0.15, -0.1) is 0 Å². The third-order valence-electron chi connectivity index (χ3n) is 3.41. The van der Waals surface area contributed by atoms with Gasteiger partial charge in [-0.3, -0.25) is 0 Å².